The van der Waals surface area contributed by atoms with E-state index < -0.39 is 0 Å². The van der Waals surface area contributed by atoms with Gasteiger partial charge in [-0.2, -0.15) is 5.26 Å². The summed E-state index contributed by atoms with van der Waals surface area (Å²) in [6, 6.07) is 9.80. The molecule has 6 heteroatoms. The number of nitrogens with two attached hydrogens (primary N) is 1. The number of H-pyrrole nitrogens is 1. The normalized spacial score (nSPS) is 17.0. The highest BCUT2D eigenvalue weighted by Gasteiger charge is 2.37. The fourth-order valence-electron chi connectivity index (χ4n) is 2.95. The Morgan fingerprint density at radius 1 is 1.29 bits per heavy atom. The number of aromatic amines is 1. The molecular weight excluding hydrogens is 304 g/mol. The second-order valence-corrected chi connectivity index (χ2v) is 6.77. The van der Waals surface area contributed by atoms with Crippen LogP contribution in [0, 0.1) is 11.3 Å². The van der Waals surface area contributed by atoms with Gasteiger partial charge in [0.05, 0.1) is 18.6 Å². The van der Waals surface area contributed by atoms with Gasteiger partial charge in [0, 0.05) is 11.1 Å². The van der Waals surface area contributed by atoms with E-state index in [1.165, 1.54) is 0 Å². The number of nitrogens with zero attached hydrogens (tertiary/aromatic N) is 2. The molecule has 0 fully saturated rings. The maximum absolute atomic E-state index is 9.63. The van der Waals surface area contributed by atoms with Gasteiger partial charge < -0.3 is 15.2 Å². The Morgan fingerprint density at radius 3 is 2.50 bits per heavy atom. The van der Waals surface area contributed by atoms with Crippen LogP contribution in [0.25, 0.3) is 0 Å². The number of fused-ring (bicyclic) bond motifs is 1. The Labute approximate surface area is 140 Å². The number of ether oxygens (including phenoxy) is 2. The lowest BCUT2D eigenvalue weighted by Crippen LogP contribution is -2.23. The van der Waals surface area contributed by atoms with Gasteiger partial charge >= 0.3 is 0 Å². The maximum atomic E-state index is 9.63. The summed E-state index contributed by atoms with van der Waals surface area (Å²) in [4.78, 5) is 0. The van der Waals surface area contributed by atoms with Crippen LogP contribution < -0.4 is 15.2 Å². The molecule has 24 heavy (non-hydrogen) atoms. The Morgan fingerprint density at radius 2 is 1.96 bits per heavy atom. The van der Waals surface area contributed by atoms with E-state index in [9.17, 15) is 5.26 Å². The Hall–Kier alpha value is -2.94. The topological polar surface area (TPSA) is 96.9 Å². The maximum Gasteiger partial charge on any atom is 0.244 e. The van der Waals surface area contributed by atoms with Gasteiger partial charge in [0.2, 0.25) is 11.8 Å². The van der Waals surface area contributed by atoms with E-state index in [1.54, 1.807) is 7.11 Å². The first kappa shape index (κ1) is 15.9. The zero-order valence-corrected chi connectivity index (χ0v) is 14.2. The van der Waals surface area contributed by atoms with E-state index in [-0.39, 0.29) is 17.2 Å². The van der Waals surface area contributed by atoms with E-state index in [2.05, 4.69) is 37.0 Å². The van der Waals surface area contributed by atoms with Crippen LogP contribution in [0.1, 0.15) is 43.5 Å². The summed E-state index contributed by atoms with van der Waals surface area (Å²) in [5.41, 5.74) is 8.90. The number of nitrogens with one attached hydrogen (secondary N) is 1. The minimum absolute atomic E-state index is 0.0952. The van der Waals surface area contributed by atoms with E-state index in [0.717, 1.165) is 22.6 Å². The van der Waals surface area contributed by atoms with Crippen LogP contribution in [0.3, 0.4) is 0 Å². The van der Waals surface area contributed by atoms with Crippen LogP contribution in [-0.4, -0.2) is 17.3 Å². The van der Waals surface area contributed by atoms with E-state index in [0.29, 0.717) is 11.5 Å². The van der Waals surface area contributed by atoms with Gasteiger partial charge in [0.25, 0.3) is 0 Å². The van der Waals surface area contributed by atoms with Crippen LogP contribution >= 0.6 is 0 Å². The summed E-state index contributed by atoms with van der Waals surface area (Å²) in [5, 5.41) is 16.9. The molecule has 2 heterocycles. The number of allylic oxidation sites excluding steroid dienone is 1. The molecule has 3 N–H and O–H groups in total. The molecule has 1 aromatic heterocycles. The van der Waals surface area contributed by atoms with Crippen molar-refractivity contribution in [3.63, 3.8) is 0 Å². The van der Waals surface area contributed by atoms with Crippen LogP contribution in [0.5, 0.6) is 11.6 Å². The van der Waals surface area contributed by atoms with Gasteiger partial charge in [-0.05, 0) is 17.7 Å². The lowest BCUT2D eigenvalue weighted by Gasteiger charge is -2.27. The molecule has 0 radical (unpaired) electrons. The molecule has 1 aromatic carbocycles. The lowest BCUT2D eigenvalue weighted by atomic mass is 9.79. The molecule has 6 nitrogen and oxygen atoms in total. The molecule has 3 rings (SSSR count). The van der Waals surface area contributed by atoms with Gasteiger partial charge in [-0.15, -0.1) is 5.10 Å². The van der Waals surface area contributed by atoms with Crippen molar-refractivity contribution in [3.8, 4) is 17.7 Å². The summed E-state index contributed by atoms with van der Waals surface area (Å²) in [5.74, 6) is 0.956. The molecule has 1 atom stereocenters. The van der Waals surface area contributed by atoms with Gasteiger partial charge in [-0.1, -0.05) is 32.9 Å². The van der Waals surface area contributed by atoms with Crippen molar-refractivity contribution in [2.45, 2.75) is 32.1 Å². The minimum Gasteiger partial charge on any atom is -0.497 e. The zero-order valence-electron chi connectivity index (χ0n) is 14.2. The van der Waals surface area contributed by atoms with Crippen molar-refractivity contribution in [2.75, 3.05) is 7.11 Å². The van der Waals surface area contributed by atoms with Gasteiger partial charge in [0.15, 0.2) is 0 Å². The molecule has 0 unspecified atom stereocenters. The number of hydrogen-bond acceptors (Lipinski definition) is 5. The Bertz CT molecular complexity index is 835. The lowest BCUT2D eigenvalue weighted by molar-refractivity contribution is 0.378. The second-order valence-electron chi connectivity index (χ2n) is 6.77. The summed E-state index contributed by atoms with van der Waals surface area (Å²) in [7, 11) is 1.62. The molecule has 124 valence electrons. The standard InChI is InChI=1S/C18H20N4O2/c1-18(2,3)15-14-13(10-5-7-11(23-4)8-6-10)12(9-19)16(20)24-17(14)22-21-15/h5-8,13H,20H2,1-4H3,(H,21,22)/t13-/m0/s1. The third-order valence-corrected chi connectivity index (χ3v) is 4.14. The third-order valence-electron chi connectivity index (χ3n) is 4.14. The first-order chi connectivity index (χ1) is 11.4. The molecule has 2 aromatic rings. The predicted octanol–water partition coefficient (Wildman–Crippen LogP) is 2.93. The summed E-state index contributed by atoms with van der Waals surface area (Å²) in [6.07, 6.45) is 0. The monoisotopic (exact) mass is 324 g/mol. The highest BCUT2D eigenvalue weighted by molar-refractivity contribution is 5.56. The van der Waals surface area contributed by atoms with E-state index in [1.807, 2.05) is 24.3 Å². The number of rotatable bonds is 2. The van der Waals surface area contributed by atoms with Crippen LogP contribution in [0.2, 0.25) is 0 Å². The van der Waals surface area contributed by atoms with Crippen molar-refractivity contribution in [3.05, 3.63) is 52.5 Å². The average Bonchev–Trinajstić information content (AvgIpc) is 2.97. The van der Waals surface area contributed by atoms with Gasteiger partial charge in [0.1, 0.15) is 17.4 Å². The smallest absolute Gasteiger partial charge is 0.244 e. The van der Waals surface area contributed by atoms with Crippen molar-refractivity contribution < 1.29 is 9.47 Å². The Balaban J connectivity index is 2.22. The number of aromatic nitrogens is 2. The highest BCUT2D eigenvalue weighted by atomic mass is 16.5. The first-order valence-electron chi connectivity index (χ1n) is 7.67. The SMILES string of the molecule is COc1ccc([C@H]2C(C#N)=C(N)Oc3n[nH]c(C(C)(C)C)c32)cc1. The highest BCUT2D eigenvalue weighted by Crippen LogP contribution is 2.45. The molecule has 0 aliphatic carbocycles. The Kier molecular flexibility index (Phi) is 3.72. The average molecular weight is 324 g/mol. The summed E-state index contributed by atoms with van der Waals surface area (Å²) < 4.78 is 10.8. The summed E-state index contributed by atoms with van der Waals surface area (Å²) in [6.45, 7) is 6.25. The zero-order chi connectivity index (χ0) is 17.5. The van der Waals surface area contributed by atoms with Gasteiger partial charge in [-0.3, -0.25) is 5.10 Å². The van der Waals surface area contributed by atoms with Crippen LogP contribution in [0.4, 0.5) is 0 Å². The molecule has 0 saturated carbocycles. The van der Waals surface area contributed by atoms with Crippen molar-refractivity contribution >= 4 is 0 Å². The number of methoxy groups -OCH3 is 1. The predicted molar refractivity (Wildman–Crippen MR) is 89.6 cm³/mol. The largest absolute Gasteiger partial charge is 0.497 e. The van der Waals surface area contributed by atoms with E-state index in [4.69, 9.17) is 15.2 Å². The summed E-state index contributed by atoms with van der Waals surface area (Å²) >= 11 is 0. The minimum atomic E-state index is -0.322. The quantitative estimate of drug-likeness (QED) is 0.885. The van der Waals surface area contributed by atoms with Gasteiger partial charge in [-0.25, -0.2) is 0 Å². The molecule has 1 aliphatic heterocycles. The third kappa shape index (κ3) is 2.48. The molecule has 0 bridgehead atoms. The molecular formula is C18H20N4O2. The van der Waals surface area contributed by atoms with Crippen LogP contribution in [-0.2, 0) is 5.41 Å². The van der Waals surface area contributed by atoms with Crippen molar-refractivity contribution in [1.29, 1.82) is 5.26 Å². The number of nitriles is 1. The molecule has 0 amide bonds. The fraction of sp³-hybridized carbons (Fsp3) is 0.333. The van der Waals surface area contributed by atoms with Crippen molar-refractivity contribution in [2.24, 2.45) is 5.73 Å². The molecule has 0 spiro atoms. The molecule has 0 saturated heterocycles. The van der Waals surface area contributed by atoms with Crippen LogP contribution in [0.15, 0.2) is 35.7 Å². The molecule has 1 aliphatic rings. The van der Waals surface area contributed by atoms with E-state index >= 15 is 0 Å². The number of benzene rings is 1. The number of hydrogen-bond donors (Lipinski definition) is 2. The fourth-order valence-corrected chi connectivity index (χ4v) is 2.95. The van der Waals surface area contributed by atoms with Crippen molar-refractivity contribution in [1.82, 2.24) is 10.2 Å². The first-order valence-corrected chi connectivity index (χ1v) is 7.67. The second kappa shape index (κ2) is 5.60.